The molecule has 0 spiro atoms. The summed E-state index contributed by atoms with van der Waals surface area (Å²) in [6.45, 7) is 0. The Labute approximate surface area is 153 Å². The highest BCUT2D eigenvalue weighted by molar-refractivity contribution is 7.98. The van der Waals surface area contributed by atoms with Crippen molar-refractivity contribution in [1.82, 2.24) is 14.5 Å². The van der Waals surface area contributed by atoms with Crippen LogP contribution in [-0.2, 0) is 0 Å². The molecule has 0 unspecified atom stereocenters. The van der Waals surface area contributed by atoms with Crippen LogP contribution < -0.4 is 5.56 Å². The van der Waals surface area contributed by atoms with E-state index < -0.39 is 0 Å². The van der Waals surface area contributed by atoms with Gasteiger partial charge in [-0.3, -0.25) is 14.3 Å². The lowest BCUT2D eigenvalue weighted by Crippen LogP contribution is -2.25. The van der Waals surface area contributed by atoms with E-state index in [1.807, 2.05) is 36.6 Å². The smallest absolute Gasteiger partial charge is 0.267 e. The van der Waals surface area contributed by atoms with Gasteiger partial charge in [0, 0.05) is 22.9 Å². The number of hydrogen-bond acceptors (Lipinski definition) is 6. The third kappa shape index (κ3) is 3.31. The van der Waals surface area contributed by atoms with E-state index in [0.717, 1.165) is 10.5 Å². The van der Waals surface area contributed by atoms with Gasteiger partial charge in [0.2, 0.25) is 0 Å². The molecule has 2 aromatic heterocycles. The van der Waals surface area contributed by atoms with Crippen molar-refractivity contribution in [3.63, 3.8) is 0 Å². The van der Waals surface area contributed by atoms with E-state index >= 15 is 0 Å². The summed E-state index contributed by atoms with van der Waals surface area (Å²) in [5, 5.41) is 9.84. The van der Waals surface area contributed by atoms with Crippen molar-refractivity contribution in [2.75, 3.05) is 12.5 Å². The summed E-state index contributed by atoms with van der Waals surface area (Å²) in [5.41, 5.74) is 1.12. The highest BCUT2D eigenvalue weighted by Crippen LogP contribution is 2.25. The first-order chi connectivity index (χ1) is 12.2. The van der Waals surface area contributed by atoms with Crippen LogP contribution in [0.2, 0.25) is 0 Å². The first-order valence-electron chi connectivity index (χ1n) is 7.35. The molecule has 7 heteroatoms. The Kier molecular flexibility index (Phi) is 5.22. The molecule has 0 aliphatic heterocycles. The van der Waals surface area contributed by atoms with E-state index in [4.69, 9.17) is 0 Å². The fourth-order valence-corrected chi connectivity index (χ4v) is 3.33. The van der Waals surface area contributed by atoms with E-state index in [9.17, 15) is 10.1 Å². The number of nitriles is 1. The molecule has 3 rings (SSSR count). The van der Waals surface area contributed by atoms with Gasteiger partial charge in [-0.15, -0.1) is 23.5 Å². The van der Waals surface area contributed by atoms with E-state index in [0.29, 0.717) is 16.5 Å². The van der Waals surface area contributed by atoms with Gasteiger partial charge in [0.25, 0.3) is 5.56 Å². The van der Waals surface area contributed by atoms with Gasteiger partial charge in [-0.05, 0) is 48.9 Å². The minimum Gasteiger partial charge on any atom is -0.267 e. The molecule has 1 aromatic carbocycles. The number of nitrogens with zero attached hydrogens (tertiary/aromatic N) is 4. The summed E-state index contributed by atoms with van der Waals surface area (Å²) >= 11 is 2.91. The van der Waals surface area contributed by atoms with Crippen LogP contribution in [0.3, 0.4) is 0 Å². The first-order valence-corrected chi connectivity index (χ1v) is 9.80. The van der Waals surface area contributed by atoms with Crippen molar-refractivity contribution >= 4 is 23.5 Å². The maximum atomic E-state index is 13.0. The molecule has 0 radical (unpaired) electrons. The molecule has 2 heterocycles. The monoisotopic (exact) mass is 366 g/mol. The lowest BCUT2D eigenvalue weighted by molar-refractivity contribution is 0.891. The van der Waals surface area contributed by atoms with Crippen molar-refractivity contribution in [3.8, 4) is 23.1 Å². The van der Waals surface area contributed by atoms with Crippen LogP contribution in [0.5, 0.6) is 0 Å². The van der Waals surface area contributed by atoms with Gasteiger partial charge in [0.05, 0.1) is 5.69 Å². The highest BCUT2D eigenvalue weighted by Gasteiger charge is 2.18. The molecule has 5 nitrogen and oxygen atoms in total. The molecule has 25 heavy (non-hydrogen) atoms. The van der Waals surface area contributed by atoms with E-state index in [2.05, 4.69) is 9.97 Å². The predicted octanol–water partition coefficient (Wildman–Crippen LogP) is 3.61. The molecule has 0 atom stereocenters. The lowest BCUT2D eigenvalue weighted by Gasteiger charge is -2.14. The maximum Gasteiger partial charge on any atom is 0.277 e. The fourth-order valence-electron chi connectivity index (χ4n) is 2.41. The van der Waals surface area contributed by atoms with Crippen LogP contribution >= 0.6 is 23.5 Å². The summed E-state index contributed by atoms with van der Waals surface area (Å²) in [7, 11) is 0. The number of hydrogen-bond donors (Lipinski definition) is 0. The highest BCUT2D eigenvalue weighted by atomic mass is 32.2. The lowest BCUT2D eigenvalue weighted by atomic mass is 10.2. The van der Waals surface area contributed by atoms with Crippen molar-refractivity contribution in [1.29, 1.82) is 5.26 Å². The molecular formula is C18H14N4OS2. The molecule has 124 valence electrons. The Morgan fingerprint density at radius 1 is 1.04 bits per heavy atom. The molecule has 0 aliphatic carbocycles. The zero-order valence-electron chi connectivity index (χ0n) is 13.6. The molecule has 0 aliphatic rings. The van der Waals surface area contributed by atoms with E-state index in [-0.39, 0.29) is 11.1 Å². The van der Waals surface area contributed by atoms with E-state index in [1.165, 1.54) is 16.3 Å². The average Bonchev–Trinajstić information content (AvgIpc) is 2.68. The van der Waals surface area contributed by atoms with Gasteiger partial charge in [-0.1, -0.05) is 0 Å². The summed E-state index contributed by atoms with van der Waals surface area (Å²) in [6.07, 6.45) is 7.10. The second kappa shape index (κ2) is 7.55. The van der Waals surface area contributed by atoms with E-state index in [1.54, 1.807) is 42.5 Å². The first kappa shape index (κ1) is 17.3. The number of aromatic nitrogens is 3. The molecule has 0 saturated carbocycles. The Balaban J connectivity index is 2.35. The summed E-state index contributed by atoms with van der Waals surface area (Å²) in [6, 6.07) is 13.2. The van der Waals surface area contributed by atoms with Gasteiger partial charge in [-0.25, -0.2) is 4.98 Å². The molecule has 0 bridgehead atoms. The molecule has 0 fully saturated rings. The van der Waals surface area contributed by atoms with Gasteiger partial charge < -0.3 is 0 Å². The molecule has 0 N–H and O–H groups in total. The van der Waals surface area contributed by atoms with Crippen molar-refractivity contribution in [2.24, 2.45) is 0 Å². The number of rotatable bonds is 4. The SMILES string of the molecule is CSc1ccc(-n2c(-c3ccncc3)nc(SC)c(C#N)c2=O)cc1. The number of pyridine rings is 1. The van der Waals surface area contributed by atoms with Gasteiger partial charge >= 0.3 is 0 Å². The van der Waals surface area contributed by atoms with Gasteiger partial charge in [0.15, 0.2) is 0 Å². The quantitative estimate of drug-likeness (QED) is 0.519. The fraction of sp³-hybridized carbons (Fsp3) is 0.111. The zero-order chi connectivity index (χ0) is 17.8. The van der Waals surface area contributed by atoms with Gasteiger partial charge in [0.1, 0.15) is 22.5 Å². The van der Waals surface area contributed by atoms with Crippen LogP contribution in [-0.4, -0.2) is 27.0 Å². The minimum atomic E-state index is -0.370. The Morgan fingerprint density at radius 2 is 1.72 bits per heavy atom. The van der Waals surface area contributed by atoms with Crippen LogP contribution in [0.25, 0.3) is 17.1 Å². The van der Waals surface area contributed by atoms with Crippen LogP contribution in [0.15, 0.2) is 63.5 Å². The second-order valence-electron chi connectivity index (χ2n) is 5.01. The normalized spacial score (nSPS) is 10.4. The summed E-state index contributed by atoms with van der Waals surface area (Å²) in [5.74, 6) is 0.493. The molecule has 0 amide bonds. The maximum absolute atomic E-state index is 13.0. The molecule has 3 aromatic rings. The topological polar surface area (TPSA) is 71.6 Å². The average molecular weight is 366 g/mol. The minimum absolute atomic E-state index is 0.0549. The van der Waals surface area contributed by atoms with Gasteiger partial charge in [-0.2, -0.15) is 5.26 Å². The predicted molar refractivity (Wildman–Crippen MR) is 101 cm³/mol. The summed E-state index contributed by atoms with van der Waals surface area (Å²) in [4.78, 5) is 22.7. The largest absolute Gasteiger partial charge is 0.277 e. The van der Waals surface area contributed by atoms with Crippen LogP contribution in [0, 0.1) is 11.3 Å². The summed E-state index contributed by atoms with van der Waals surface area (Å²) < 4.78 is 1.48. The molecular weight excluding hydrogens is 352 g/mol. The van der Waals surface area contributed by atoms with Crippen molar-refractivity contribution in [3.05, 3.63) is 64.7 Å². The third-order valence-electron chi connectivity index (χ3n) is 3.62. The Morgan fingerprint density at radius 3 is 2.28 bits per heavy atom. The second-order valence-corrected chi connectivity index (χ2v) is 6.68. The number of benzene rings is 1. The Hall–Kier alpha value is -2.56. The van der Waals surface area contributed by atoms with Crippen LogP contribution in [0.1, 0.15) is 5.56 Å². The van der Waals surface area contributed by atoms with Crippen LogP contribution in [0.4, 0.5) is 0 Å². The Bertz CT molecular complexity index is 993. The van der Waals surface area contributed by atoms with Crippen molar-refractivity contribution in [2.45, 2.75) is 9.92 Å². The molecule has 0 saturated heterocycles. The standard InChI is InChI=1S/C18H14N4OS2/c1-24-14-5-3-13(4-6-14)22-16(12-7-9-20-10-8-12)21-17(25-2)15(11-19)18(22)23/h3-10H,1-2H3. The third-order valence-corrected chi connectivity index (χ3v) is 5.05. The van der Waals surface area contributed by atoms with Crippen molar-refractivity contribution < 1.29 is 0 Å². The number of thioether (sulfide) groups is 2. The zero-order valence-corrected chi connectivity index (χ0v) is 15.3.